The molecule has 1 N–H and O–H groups in total. The number of amides is 1. The van der Waals surface area contributed by atoms with E-state index in [0.29, 0.717) is 10.4 Å². The molecule has 2 heterocycles. The number of hydrogen-bond donors (Lipinski definition) is 1. The van der Waals surface area contributed by atoms with Gasteiger partial charge >= 0.3 is 5.97 Å². The lowest BCUT2D eigenvalue weighted by Gasteiger charge is -2.23. The van der Waals surface area contributed by atoms with Gasteiger partial charge in [0.15, 0.2) is 11.6 Å². The Morgan fingerprint density at radius 1 is 1.65 bits per heavy atom. The normalized spacial score (nSPS) is 17.8. The Hall–Kier alpha value is -1.63. The Balaban J connectivity index is 2.24. The first-order chi connectivity index (χ1) is 8.11. The number of carbonyl (C=O) groups excluding carboxylic acids is 2. The second-order valence-corrected chi connectivity index (χ2v) is 4.03. The highest BCUT2D eigenvalue weighted by Gasteiger charge is 2.35. The maximum absolute atomic E-state index is 11.6. The minimum Gasteiger partial charge on any atom is -0.465 e. The molecule has 0 aliphatic carbocycles. The number of carbonyl (C=O) groups is 2. The fourth-order valence-electron chi connectivity index (χ4n) is 1.34. The largest absolute Gasteiger partial charge is 0.465 e. The van der Waals surface area contributed by atoms with Crippen molar-refractivity contribution in [3.63, 3.8) is 0 Å². The maximum atomic E-state index is 11.6. The number of ether oxygens (including phenoxy) is 2. The molecule has 0 spiro atoms. The van der Waals surface area contributed by atoms with E-state index in [2.05, 4.69) is 26.2 Å². The van der Waals surface area contributed by atoms with Crippen molar-refractivity contribution in [1.29, 1.82) is 0 Å². The summed E-state index contributed by atoms with van der Waals surface area (Å²) < 4.78 is 10.5. The van der Waals surface area contributed by atoms with Crippen LogP contribution in [0.2, 0.25) is 0 Å². The molecule has 1 aromatic rings. The van der Waals surface area contributed by atoms with E-state index in [4.69, 9.17) is 9.47 Å². The van der Waals surface area contributed by atoms with Gasteiger partial charge in [-0.2, -0.15) is 0 Å². The molecule has 0 aromatic carbocycles. The van der Waals surface area contributed by atoms with Gasteiger partial charge in [-0.3, -0.25) is 4.79 Å². The van der Waals surface area contributed by atoms with Crippen LogP contribution < -0.4 is 10.1 Å². The van der Waals surface area contributed by atoms with Gasteiger partial charge in [0.05, 0.1) is 6.61 Å². The van der Waals surface area contributed by atoms with Crippen molar-refractivity contribution < 1.29 is 19.1 Å². The minimum absolute atomic E-state index is 0.192. The molecule has 17 heavy (non-hydrogen) atoms. The third-order valence-electron chi connectivity index (χ3n) is 2.05. The quantitative estimate of drug-likeness (QED) is 0.503. The molecular weight excluding hydrogens is 292 g/mol. The highest BCUT2D eigenvalue weighted by Crippen LogP contribution is 2.29. The third kappa shape index (κ3) is 2.38. The predicted molar refractivity (Wildman–Crippen MR) is 61.6 cm³/mol. The van der Waals surface area contributed by atoms with Crippen LogP contribution in [0.5, 0.6) is 5.75 Å². The van der Waals surface area contributed by atoms with Crippen LogP contribution in [0.15, 0.2) is 16.7 Å². The first-order valence-electron chi connectivity index (χ1n) is 4.92. The van der Waals surface area contributed by atoms with Crippen LogP contribution in [0.4, 0.5) is 5.82 Å². The second kappa shape index (κ2) is 4.70. The number of esters is 1. The van der Waals surface area contributed by atoms with E-state index in [0.717, 1.165) is 0 Å². The van der Waals surface area contributed by atoms with Crippen LogP contribution in [-0.2, 0) is 14.3 Å². The van der Waals surface area contributed by atoms with E-state index in [-0.39, 0.29) is 12.4 Å². The van der Waals surface area contributed by atoms with Crippen molar-refractivity contribution in [2.45, 2.75) is 13.0 Å². The van der Waals surface area contributed by atoms with Gasteiger partial charge in [0.1, 0.15) is 4.60 Å². The summed E-state index contributed by atoms with van der Waals surface area (Å²) in [6.07, 6.45) is -1.27. The van der Waals surface area contributed by atoms with E-state index < -0.39 is 18.0 Å². The summed E-state index contributed by atoms with van der Waals surface area (Å²) in [5.74, 6) is -0.670. The van der Waals surface area contributed by atoms with Gasteiger partial charge in [-0.15, -0.1) is 0 Å². The first kappa shape index (κ1) is 11.8. The topological polar surface area (TPSA) is 77.5 Å². The van der Waals surface area contributed by atoms with Crippen molar-refractivity contribution in [2.75, 3.05) is 11.9 Å². The van der Waals surface area contributed by atoms with Crippen molar-refractivity contribution in [2.24, 2.45) is 0 Å². The van der Waals surface area contributed by atoms with E-state index in [1.54, 1.807) is 19.1 Å². The molecule has 7 heteroatoms. The molecular formula is C10H9BrN2O4. The van der Waals surface area contributed by atoms with Crippen molar-refractivity contribution >= 4 is 33.6 Å². The number of fused-ring (bicyclic) bond motifs is 1. The average molecular weight is 301 g/mol. The van der Waals surface area contributed by atoms with Crippen LogP contribution in [0, 0.1) is 0 Å². The monoisotopic (exact) mass is 300 g/mol. The predicted octanol–water partition coefficient (Wildman–Crippen LogP) is 1.11. The lowest BCUT2D eigenvalue weighted by atomic mass is 10.2. The number of anilines is 1. The molecule has 1 unspecified atom stereocenters. The van der Waals surface area contributed by atoms with Crippen LogP contribution in [0.1, 0.15) is 6.92 Å². The second-order valence-electron chi connectivity index (χ2n) is 3.22. The molecule has 6 nitrogen and oxygen atoms in total. The van der Waals surface area contributed by atoms with Crippen molar-refractivity contribution in [3.8, 4) is 5.75 Å². The van der Waals surface area contributed by atoms with E-state index >= 15 is 0 Å². The Bertz CT molecular complexity index is 477. The maximum Gasteiger partial charge on any atom is 0.357 e. The zero-order chi connectivity index (χ0) is 12.4. The number of aromatic nitrogens is 1. The van der Waals surface area contributed by atoms with Gasteiger partial charge in [0, 0.05) is 0 Å². The van der Waals surface area contributed by atoms with E-state index in [9.17, 15) is 9.59 Å². The lowest BCUT2D eigenvalue weighted by molar-refractivity contribution is -0.155. The third-order valence-corrected chi connectivity index (χ3v) is 2.49. The standard InChI is InChI=1S/C10H9BrN2O4/c1-2-16-10(15)7-9(14)13-8-5(17-7)3-4-6(11)12-8/h3-4,7H,2H2,1H3,(H,12,13,14). The Morgan fingerprint density at radius 2 is 2.41 bits per heavy atom. The number of pyridine rings is 1. The Kier molecular flexibility index (Phi) is 3.28. The van der Waals surface area contributed by atoms with Crippen LogP contribution in [0.3, 0.4) is 0 Å². The molecule has 0 fully saturated rings. The number of nitrogens with zero attached hydrogens (tertiary/aromatic N) is 1. The Labute approximate surface area is 105 Å². The molecule has 1 aliphatic heterocycles. The van der Waals surface area contributed by atoms with Gasteiger partial charge in [-0.25, -0.2) is 9.78 Å². The Morgan fingerprint density at radius 3 is 3.12 bits per heavy atom. The minimum atomic E-state index is -1.27. The first-order valence-corrected chi connectivity index (χ1v) is 5.72. The summed E-state index contributed by atoms with van der Waals surface area (Å²) in [7, 11) is 0. The van der Waals surface area contributed by atoms with Gasteiger partial charge in [0.25, 0.3) is 12.0 Å². The van der Waals surface area contributed by atoms with Crippen molar-refractivity contribution in [3.05, 3.63) is 16.7 Å². The molecule has 0 radical (unpaired) electrons. The number of hydrogen-bond acceptors (Lipinski definition) is 5. The summed E-state index contributed by atoms with van der Waals surface area (Å²) in [5.41, 5.74) is 0. The fraction of sp³-hybridized carbons (Fsp3) is 0.300. The lowest BCUT2D eigenvalue weighted by Crippen LogP contribution is -2.44. The van der Waals surface area contributed by atoms with Gasteiger partial charge in [0.2, 0.25) is 0 Å². The summed E-state index contributed by atoms with van der Waals surface area (Å²) in [6, 6.07) is 3.26. The highest BCUT2D eigenvalue weighted by atomic mass is 79.9. The molecule has 1 aliphatic rings. The zero-order valence-corrected chi connectivity index (χ0v) is 10.5. The van der Waals surface area contributed by atoms with Gasteiger partial charge in [-0.05, 0) is 35.0 Å². The molecule has 2 rings (SSSR count). The van der Waals surface area contributed by atoms with Gasteiger partial charge in [-0.1, -0.05) is 0 Å². The molecule has 1 aromatic heterocycles. The molecule has 90 valence electrons. The zero-order valence-electron chi connectivity index (χ0n) is 8.90. The summed E-state index contributed by atoms with van der Waals surface area (Å²) in [6.45, 7) is 1.85. The fourth-order valence-corrected chi connectivity index (χ4v) is 1.65. The summed E-state index contributed by atoms with van der Waals surface area (Å²) in [5, 5.41) is 2.48. The van der Waals surface area contributed by atoms with Gasteiger partial charge < -0.3 is 14.8 Å². The van der Waals surface area contributed by atoms with Crippen molar-refractivity contribution in [1.82, 2.24) is 4.98 Å². The summed E-state index contributed by atoms with van der Waals surface area (Å²) in [4.78, 5) is 27.1. The molecule has 0 saturated heterocycles. The van der Waals surface area contributed by atoms with Crippen LogP contribution >= 0.6 is 15.9 Å². The van der Waals surface area contributed by atoms with E-state index in [1.165, 1.54) is 0 Å². The SMILES string of the molecule is CCOC(=O)C1Oc2ccc(Br)nc2NC1=O. The van der Waals surface area contributed by atoms with E-state index in [1.807, 2.05) is 0 Å². The summed E-state index contributed by atoms with van der Waals surface area (Å²) >= 11 is 3.17. The average Bonchev–Trinajstić information content (AvgIpc) is 2.28. The molecule has 0 bridgehead atoms. The number of halogens is 1. The number of nitrogens with one attached hydrogen (secondary N) is 1. The highest BCUT2D eigenvalue weighted by molar-refractivity contribution is 9.10. The smallest absolute Gasteiger partial charge is 0.357 e. The number of rotatable bonds is 2. The molecule has 1 atom stereocenters. The molecule has 0 saturated carbocycles. The van der Waals surface area contributed by atoms with Crippen LogP contribution in [-0.4, -0.2) is 29.6 Å². The van der Waals surface area contributed by atoms with Crippen LogP contribution in [0.25, 0.3) is 0 Å². The molecule has 1 amide bonds.